The molecule has 0 fully saturated rings. The van der Waals surface area contributed by atoms with Crippen molar-refractivity contribution in [1.29, 1.82) is 0 Å². The largest absolute Gasteiger partial charge is 0.455 e. The van der Waals surface area contributed by atoms with Crippen molar-refractivity contribution in [2.24, 2.45) is 0 Å². The fourth-order valence-corrected chi connectivity index (χ4v) is 2.37. The molecule has 94 valence electrons. The van der Waals surface area contributed by atoms with Crippen LogP contribution >= 0.6 is 0 Å². The van der Waals surface area contributed by atoms with Gasteiger partial charge in [0.2, 0.25) is 0 Å². The molecular formula is C13H15N3O2. The van der Waals surface area contributed by atoms with Crippen LogP contribution in [-0.2, 0) is 0 Å². The minimum atomic E-state index is -0.351. The predicted molar refractivity (Wildman–Crippen MR) is 69.7 cm³/mol. The van der Waals surface area contributed by atoms with Crippen LogP contribution in [0.15, 0.2) is 29.1 Å². The highest BCUT2D eigenvalue weighted by Crippen LogP contribution is 2.22. The molecule has 0 N–H and O–H groups in total. The Hall–Kier alpha value is -2.04. The Morgan fingerprint density at radius 1 is 1.33 bits per heavy atom. The van der Waals surface area contributed by atoms with Crippen molar-refractivity contribution in [2.75, 3.05) is 18.6 Å². The van der Waals surface area contributed by atoms with Gasteiger partial charge in [-0.2, -0.15) is 9.66 Å². The van der Waals surface area contributed by atoms with E-state index in [4.69, 9.17) is 4.74 Å². The number of likely N-dealkylation sites (N-methyl/N-ethyl adjacent to an activating group) is 1. The van der Waals surface area contributed by atoms with E-state index in [2.05, 4.69) is 4.98 Å². The standard InChI is InChI=1S/C13H15N3O2/c1-13(2)8-15(3)16-11(17)9-6-4-5-7-10(9)14-12(16)18-13/h4-7H,8H2,1-3H3. The van der Waals surface area contributed by atoms with Gasteiger partial charge in [0.05, 0.1) is 17.4 Å². The molecule has 0 spiro atoms. The van der Waals surface area contributed by atoms with Gasteiger partial charge in [-0.1, -0.05) is 12.1 Å². The van der Waals surface area contributed by atoms with Crippen molar-refractivity contribution in [2.45, 2.75) is 19.4 Å². The number of ether oxygens (including phenoxy) is 1. The lowest BCUT2D eigenvalue weighted by molar-refractivity contribution is 0.0661. The van der Waals surface area contributed by atoms with Crippen LogP contribution < -0.4 is 15.3 Å². The highest BCUT2D eigenvalue weighted by Gasteiger charge is 2.32. The van der Waals surface area contributed by atoms with Crippen molar-refractivity contribution in [3.05, 3.63) is 34.6 Å². The van der Waals surface area contributed by atoms with Gasteiger partial charge in [0.25, 0.3) is 5.56 Å². The monoisotopic (exact) mass is 245 g/mol. The summed E-state index contributed by atoms with van der Waals surface area (Å²) in [7, 11) is 1.87. The number of para-hydroxylation sites is 1. The number of fused-ring (bicyclic) bond motifs is 2. The molecular weight excluding hydrogens is 230 g/mol. The van der Waals surface area contributed by atoms with Crippen molar-refractivity contribution in [3.63, 3.8) is 0 Å². The summed E-state index contributed by atoms with van der Waals surface area (Å²) in [6, 6.07) is 7.67. The molecule has 0 atom stereocenters. The van der Waals surface area contributed by atoms with E-state index in [0.717, 1.165) is 0 Å². The Bertz CT molecular complexity index is 675. The Morgan fingerprint density at radius 2 is 2.06 bits per heavy atom. The Morgan fingerprint density at radius 3 is 2.83 bits per heavy atom. The van der Waals surface area contributed by atoms with Gasteiger partial charge < -0.3 is 9.75 Å². The van der Waals surface area contributed by atoms with E-state index in [1.54, 1.807) is 6.07 Å². The van der Waals surface area contributed by atoms with E-state index in [1.807, 2.05) is 44.1 Å². The first kappa shape index (κ1) is 11.1. The van der Waals surface area contributed by atoms with Crippen LogP contribution in [0.1, 0.15) is 13.8 Å². The summed E-state index contributed by atoms with van der Waals surface area (Å²) in [5, 5.41) is 2.46. The summed E-state index contributed by atoms with van der Waals surface area (Å²) in [4.78, 5) is 16.8. The highest BCUT2D eigenvalue weighted by molar-refractivity contribution is 5.77. The lowest BCUT2D eigenvalue weighted by atomic mass is 10.1. The minimum absolute atomic E-state index is 0.0893. The number of nitrogens with zero attached hydrogens (tertiary/aromatic N) is 3. The first-order chi connectivity index (χ1) is 8.48. The average Bonchev–Trinajstić information content (AvgIpc) is 2.26. The minimum Gasteiger partial charge on any atom is -0.455 e. The quantitative estimate of drug-likeness (QED) is 0.698. The molecule has 0 aliphatic carbocycles. The summed E-state index contributed by atoms with van der Waals surface area (Å²) in [5.41, 5.74) is 0.227. The summed E-state index contributed by atoms with van der Waals surface area (Å²) < 4.78 is 7.28. The second kappa shape index (κ2) is 3.48. The van der Waals surface area contributed by atoms with E-state index in [9.17, 15) is 4.79 Å². The lowest BCUT2D eigenvalue weighted by Gasteiger charge is -2.38. The van der Waals surface area contributed by atoms with Crippen molar-refractivity contribution >= 4 is 10.9 Å². The van der Waals surface area contributed by atoms with Crippen molar-refractivity contribution < 1.29 is 4.74 Å². The zero-order valence-electron chi connectivity index (χ0n) is 10.7. The maximum absolute atomic E-state index is 12.4. The van der Waals surface area contributed by atoms with Crippen LogP contribution in [0.5, 0.6) is 6.01 Å². The Balaban J connectivity index is 2.34. The SMILES string of the molecule is CN1CC(C)(C)Oc2nc3ccccc3c(=O)n21. The summed E-state index contributed by atoms with van der Waals surface area (Å²) >= 11 is 0. The molecule has 1 aromatic carbocycles. The number of hydrogen-bond donors (Lipinski definition) is 0. The smallest absolute Gasteiger partial charge is 0.320 e. The predicted octanol–water partition coefficient (Wildman–Crippen LogP) is 1.14. The maximum Gasteiger partial charge on any atom is 0.320 e. The molecule has 2 heterocycles. The average molecular weight is 245 g/mol. The van der Waals surface area contributed by atoms with Gasteiger partial charge in [-0.25, -0.2) is 0 Å². The van der Waals surface area contributed by atoms with Gasteiger partial charge in [-0.15, -0.1) is 0 Å². The van der Waals surface area contributed by atoms with Crippen LogP contribution in [0.25, 0.3) is 10.9 Å². The molecule has 0 unspecified atom stereocenters. The van der Waals surface area contributed by atoms with E-state index >= 15 is 0 Å². The fourth-order valence-electron chi connectivity index (χ4n) is 2.37. The normalized spacial score (nSPS) is 17.4. The molecule has 5 heteroatoms. The zero-order chi connectivity index (χ0) is 12.9. The molecule has 18 heavy (non-hydrogen) atoms. The second-order valence-electron chi connectivity index (χ2n) is 5.21. The van der Waals surface area contributed by atoms with Gasteiger partial charge in [0.15, 0.2) is 0 Å². The molecule has 0 saturated heterocycles. The maximum atomic E-state index is 12.4. The van der Waals surface area contributed by atoms with E-state index in [-0.39, 0.29) is 11.2 Å². The molecule has 0 radical (unpaired) electrons. The number of aromatic nitrogens is 2. The molecule has 1 aliphatic heterocycles. The Kier molecular flexibility index (Phi) is 2.14. The first-order valence-electron chi connectivity index (χ1n) is 5.90. The third kappa shape index (κ3) is 1.54. The van der Waals surface area contributed by atoms with Gasteiger partial charge in [0, 0.05) is 7.05 Å². The highest BCUT2D eigenvalue weighted by atomic mass is 16.5. The van der Waals surface area contributed by atoms with Crippen LogP contribution in [0.3, 0.4) is 0 Å². The number of hydrogen-bond acceptors (Lipinski definition) is 4. The zero-order valence-corrected chi connectivity index (χ0v) is 10.7. The topological polar surface area (TPSA) is 47.4 Å². The number of benzene rings is 1. The third-order valence-corrected chi connectivity index (χ3v) is 3.04. The third-order valence-electron chi connectivity index (χ3n) is 3.04. The van der Waals surface area contributed by atoms with Crippen LogP contribution in [0, 0.1) is 0 Å². The van der Waals surface area contributed by atoms with E-state index in [0.29, 0.717) is 23.5 Å². The molecule has 1 aliphatic rings. The molecule has 0 bridgehead atoms. The fraction of sp³-hybridized carbons (Fsp3) is 0.385. The van der Waals surface area contributed by atoms with E-state index in [1.165, 1.54) is 4.68 Å². The van der Waals surface area contributed by atoms with Gasteiger partial charge >= 0.3 is 6.01 Å². The molecule has 5 nitrogen and oxygen atoms in total. The first-order valence-corrected chi connectivity index (χ1v) is 5.90. The molecule has 0 saturated carbocycles. The summed E-state index contributed by atoms with van der Waals surface area (Å²) in [6.07, 6.45) is 0. The van der Waals surface area contributed by atoms with Gasteiger partial charge in [-0.05, 0) is 26.0 Å². The Labute approximate surface area is 105 Å². The van der Waals surface area contributed by atoms with Crippen LogP contribution in [0.4, 0.5) is 0 Å². The van der Waals surface area contributed by atoms with E-state index < -0.39 is 0 Å². The molecule has 0 amide bonds. The number of rotatable bonds is 0. The van der Waals surface area contributed by atoms with Gasteiger partial charge in [-0.3, -0.25) is 4.79 Å². The van der Waals surface area contributed by atoms with Crippen molar-refractivity contribution in [3.8, 4) is 6.01 Å². The van der Waals surface area contributed by atoms with Crippen LogP contribution in [0.2, 0.25) is 0 Å². The molecule has 2 aromatic rings. The van der Waals surface area contributed by atoms with Gasteiger partial charge in [0.1, 0.15) is 5.60 Å². The summed E-state index contributed by atoms with van der Waals surface area (Å²) in [6.45, 7) is 4.60. The van der Waals surface area contributed by atoms with Crippen LogP contribution in [-0.4, -0.2) is 28.9 Å². The van der Waals surface area contributed by atoms with Crippen molar-refractivity contribution in [1.82, 2.24) is 9.66 Å². The molecule has 1 aromatic heterocycles. The summed E-state index contributed by atoms with van der Waals surface area (Å²) in [5.74, 6) is 0. The molecule has 3 rings (SSSR count). The second-order valence-corrected chi connectivity index (χ2v) is 5.21. The lowest BCUT2D eigenvalue weighted by Crippen LogP contribution is -2.55.